The third-order valence-corrected chi connectivity index (χ3v) is 6.33. The molecule has 5 atom stereocenters. The van der Waals surface area contributed by atoms with Crippen molar-refractivity contribution in [3.05, 3.63) is 59.7 Å². The largest absolute Gasteiger partial charge is 0.487 e. The molecule has 0 aromatic heterocycles. The van der Waals surface area contributed by atoms with Gasteiger partial charge in [0, 0.05) is 17.2 Å². The molecule has 0 spiro atoms. The lowest BCUT2D eigenvalue weighted by Gasteiger charge is -2.37. The highest BCUT2D eigenvalue weighted by atomic mass is 16.6. The minimum Gasteiger partial charge on any atom is -0.487 e. The predicted octanol–water partition coefficient (Wildman–Crippen LogP) is 2.45. The summed E-state index contributed by atoms with van der Waals surface area (Å²) in [5, 5.41) is 15.9. The van der Waals surface area contributed by atoms with Crippen LogP contribution in [0.25, 0.3) is 0 Å². The molecule has 4 rings (SSSR count). The predicted molar refractivity (Wildman–Crippen MR) is 129 cm³/mol. The van der Waals surface area contributed by atoms with Crippen molar-refractivity contribution in [1.82, 2.24) is 10.2 Å². The smallest absolute Gasteiger partial charge is 0.238 e. The molecule has 34 heavy (non-hydrogen) atoms. The molecule has 0 saturated carbocycles. The highest BCUT2D eigenvalue weighted by molar-refractivity contribution is 5.92. The Morgan fingerprint density at radius 3 is 2.62 bits per heavy atom. The Kier molecular flexibility index (Phi) is 7.50. The number of aliphatic hydroxyl groups is 1. The van der Waals surface area contributed by atoms with Crippen molar-refractivity contribution in [2.24, 2.45) is 0 Å². The molecule has 2 aromatic carbocycles. The van der Waals surface area contributed by atoms with E-state index in [0.717, 1.165) is 16.9 Å². The number of likely N-dealkylation sites (N-methyl/N-ethyl adjacent to an activating group) is 1. The number of hydrogen-bond acceptors (Lipinski definition) is 6. The fraction of sp³-hybridized carbons (Fsp3) is 0.462. The minimum atomic E-state index is -0.526. The van der Waals surface area contributed by atoms with E-state index in [1.54, 1.807) is 4.90 Å². The Morgan fingerprint density at radius 1 is 1.15 bits per heavy atom. The normalized spacial score (nSPS) is 24.0. The van der Waals surface area contributed by atoms with E-state index in [-0.39, 0.29) is 49.0 Å². The fourth-order valence-corrected chi connectivity index (χ4v) is 4.79. The lowest BCUT2D eigenvalue weighted by molar-refractivity contribution is -0.142. The Hall–Kier alpha value is -2.94. The van der Waals surface area contributed by atoms with Crippen LogP contribution in [-0.4, -0.2) is 67.4 Å². The van der Waals surface area contributed by atoms with Crippen molar-refractivity contribution in [2.45, 2.75) is 50.0 Å². The summed E-state index contributed by atoms with van der Waals surface area (Å²) >= 11 is 0. The molecule has 2 heterocycles. The number of nitrogens with one attached hydrogen (secondary N) is 2. The zero-order chi connectivity index (χ0) is 24.2. The van der Waals surface area contributed by atoms with Gasteiger partial charge in [-0.25, -0.2) is 0 Å². The summed E-state index contributed by atoms with van der Waals surface area (Å²) in [5.41, 5.74) is 2.71. The number of hydrogen-bond donors (Lipinski definition) is 3. The zero-order valence-corrected chi connectivity index (χ0v) is 19.9. The van der Waals surface area contributed by atoms with Crippen molar-refractivity contribution >= 4 is 17.5 Å². The van der Waals surface area contributed by atoms with E-state index in [2.05, 4.69) is 10.6 Å². The van der Waals surface area contributed by atoms with Gasteiger partial charge in [0.2, 0.25) is 11.8 Å². The summed E-state index contributed by atoms with van der Waals surface area (Å²) in [6.45, 7) is 2.05. The topological polar surface area (TPSA) is 100 Å². The second-order valence-corrected chi connectivity index (χ2v) is 9.35. The van der Waals surface area contributed by atoms with Crippen molar-refractivity contribution in [1.29, 1.82) is 0 Å². The molecule has 182 valence electrons. The first-order chi connectivity index (χ1) is 16.3. The molecule has 0 radical (unpaired) electrons. The lowest BCUT2D eigenvalue weighted by atomic mass is 9.84. The first-order valence-electron chi connectivity index (χ1n) is 11.7. The molecule has 0 bridgehead atoms. The van der Waals surface area contributed by atoms with E-state index in [4.69, 9.17) is 9.47 Å². The van der Waals surface area contributed by atoms with Gasteiger partial charge in [0.15, 0.2) is 0 Å². The summed E-state index contributed by atoms with van der Waals surface area (Å²) < 4.78 is 12.2. The van der Waals surface area contributed by atoms with Crippen LogP contribution in [0.2, 0.25) is 0 Å². The van der Waals surface area contributed by atoms with Crippen LogP contribution in [0.3, 0.4) is 0 Å². The van der Waals surface area contributed by atoms with Crippen molar-refractivity contribution in [3.8, 4) is 5.75 Å². The number of fused-ring (bicyclic) bond motifs is 3. The van der Waals surface area contributed by atoms with Crippen LogP contribution in [0.4, 0.5) is 5.69 Å². The number of aliphatic hydroxyl groups excluding tert-OH is 1. The van der Waals surface area contributed by atoms with Gasteiger partial charge < -0.3 is 30.1 Å². The van der Waals surface area contributed by atoms with Gasteiger partial charge in [0.1, 0.15) is 18.0 Å². The van der Waals surface area contributed by atoms with Crippen LogP contribution in [0.5, 0.6) is 5.75 Å². The van der Waals surface area contributed by atoms with Gasteiger partial charge in [-0.15, -0.1) is 0 Å². The molecule has 0 unspecified atom stereocenters. The number of anilines is 1. The van der Waals surface area contributed by atoms with Gasteiger partial charge in [-0.3, -0.25) is 9.59 Å². The van der Waals surface area contributed by atoms with Crippen molar-refractivity contribution < 1.29 is 24.2 Å². The minimum absolute atomic E-state index is 0.0315. The number of carbonyl (C=O) groups excluding carboxylic acids is 2. The van der Waals surface area contributed by atoms with Crippen LogP contribution in [0.1, 0.15) is 42.9 Å². The molecule has 8 nitrogen and oxygen atoms in total. The molecule has 0 aliphatic carbocycles. The zero-order valence-electron chi connectivity index (χ0n) is 19.9. The second kappa shape index (κ2) is 10.5. The third kappa shape index (κ3) is 5.58. The van der Waals surface area contributed by atoms with E-state index in [0.29, 0.717) is 18.7 Å². The Bertz CT molecular complexity index is 1010. The van der Waals surface area contributed by atoms with Crippen molar-refractivity contribution in [3.63, 3.8) is 0 Å². The van der Waals surface area contributed by atoms with Crippen LogP contribution in [0, 0.1) is 0 Å². The van der Waals surface area contributed by atoms with Crippen LogP contribution in [0.15, 0.2) is 48.5 Å². The van der Waals surface area contributed by atoms with Gasteiger partial charge in [-0.05, 0) is 51.2 Å². The molecule has 8 heteroatoms. The summed E-state index contributed by atoms with van der Waals surface area (Å²) in [7, 11) is 3.68. The average molecular weight is 468 g/mol. The highest BCUT2D eigenvalue weighted by Crippen LogP contribution is 2.47. The van der Waals surface area contributed by atoms with Crippen LogP contribution < -0.4 is 15.4 Å². The Labute approximate surface area is 200 Å². The monoisotopic (exact) mass is 467 g/mol. The first kappa shape index (κ1) is 24.2. The molecular weight excluding hydrogens is 434 g/mol. The fourth-order valence-electron chi connectivity index (χ4n) is 4.79. The van der Waals surface area contributed by atoms with E-state index in [1.807, 2.05) is 69.6 Å². The van der Waals surface area contributed by atoms with Gasteiger partial charge in [-0.2, -0.15) is 0 Å². The maximum Gasteiger partial charge on any atom is 0.238 e. The second-order valence-electron chi connectivity index (χ2n) is 9.35. The molecule has 2 aliphatic heterocycles. The Balaban J connectivity index is 1.43. The van der Waals surface area contributed by atoms with E-state index in [9.17, 15) is 14.7 Å². The molecule has 2 aliphatic rings. The number of nitrogens with zero attached hydrogens (tertiary/aromatic N) is 1. The first-order valence-corrected chi connectivity index (χ1v) is 11.7. The molecule has 1 fully saturated rings. The lowest BCUT2D eigenvalue weighted by Crippen LogP contribution is -2.47. The van der Waals surface area contributed by atoms with E-state index in [1.165, 1.54) is 0 Å². The number of ether oxygens (including phenoxy) is 2. The summed E-state index contributed by atoms with van der Waals surface area (Å²) in [6, 6.07) is 15.3. The van der Waals surface area contributed by atoms with Gasteiger partial charge in [0.25, 0.3) is 0 Å². The number of carbonyl (C=O) groups is 2. The summed E-state index contributed by atoms with van der Waals surface area (Å²) in [5.74, 6) is 0.504. The third-order valence-electron chi connectivity index (χ3n) is 6.33. The highest BCUT2D eigenvalue weighted by Gasteiger charge is 2.46. The number of benzene rings is 2. The molecule has 2 aromatic rings. The average Bonchev–Trinajstić information content (AvgIpc) is 3.16. The molecule has 3 N–H and O–H groups in total. The summed E-state index contributed by atoms with van der Waals surface area (Å²) in [4.78, 5) is 26.7. The summed E-state index contributed by atoms with van der Waals surface area (Å²) in [6.07, 6.45) is -0.400. The SMILES string of the molecule is C[C@@H](NC(=O)C[C@H]1C[C@H]2c3cc(NC(=O)CN(C)C)ccc3O[C@H]2[C@H](CO)O1)c1ccccc1. The maximum atomic E-state index is 12.8. The molecule has 2 amide bonds. The van der Waals surface area contributed by atoms with E-state index >= 15 is 0 Å². The van der Waals surface area contributed by atoms with Gasteiger partial charge >= 0.3 is 0 Å². The van der Waals surface area contributed by atoms with E-state index < -0.39 is 6.10 Å². The van der Waals surface area contributed by atoms with Crippen LogP contribution in [-0.2, 0) is 14.3 Å². The van der Waals surface area contributed by atoms with Gasteiger partial charge in [0.05, 0.1) is 31.7 Å². The maximum absolute atomic E-state index is 12.8. The Morgan fingerprint density at radius 2 is 1.91 bits per heavy atom. The van der Waals surface area contributed by atoms with Crippen LogP contribution >= 0.6 is 0 Å². The standard InChI is InChI=1S/C26H33N3O5/c1-16(17-7-5-4-6-8-17)27-24(31)13-19-12-21-20-11-18(28-25(32)14-29(2)3)9-10-22(20)34-26(21)23(15-30)33-19/h4-11,16,19,21,23,26,30H,12-15H2,1-3H3,(H,27,31)(H,28,32)/t16-,19-,21+,23+,26-/m1/s1. The number of amides is 2. The molecular formula is C26H33N3O5. The molecule has 1 saturated heterocycles. The quantitative estimate of drug-likeness (QED) is 0.552. The van der Waals surface area contributed by atoms with Gasteiger partial charge in [-0.1, -0.05) is 30.3 Å². The number of rotatable bonds is 8. The van der Waals surface area contributed by atoms with Crippen molar-refractivity contribution in [2.75, 3.05) is 32.6 Å².